The Balaban J connectivity index is 2.30. The maximum atomic E-state index is 13.6. The van der Waals surface area contributed by atoms with Crippen molar-refractivity contribution >= 4 is 21.9 Å². The number of nitrogens with two attached hydrogens (primary N) is 1. The van der Waals surface area contributed by atoms with Gasteiger partial charge in [0.1, 0.15) is 5.82 Å². The minimum Gasteiger partial charge on any atom is -0.370 e. The maximum Gasteiger partial charge on any atom is 0.189 e. The largest absolute Gasteiger partial charge is 0.370 e. The third-order valence-electron chi connectivity index (χ3n) is 2.12. The zero-order chi connectivity index (χ0) is 10.1. The van der Waals surface area contributed by atoms with E-state index in [0.29, 0.717) is 22.5 Å². The molecule has 3 nitrogen and oxygen atoms in total. The standard InChI is InChI=1S/C9H9BrFN3/c10-6-3-1-2-5(8(6)11)7-4-13-9(12)14-7/h1-3,7H,4H2,(H3,12,13,14). The second-order valence-electron chi connectivity index (χ2n) is 3.07. The number of nitrogens with zero attached hydrogens (tertiary/aromatic N) is 1. The molecule has 3 N–H and O–H groups in total. The molecule has 74 valence electrons. The van der Waals surface area contributed by atoms with Crippen molar-refractivity contribution in [2.75, 3.05) is 6.54 Å². The summed E-state index contributed by atoms with van der Waals surface area (Å²) >= 11 is 3.14. The first-order valence-electron chi connectivity index (χ1n) is 4.19. The van der Waals surface area contributed by atoms with Gasteiger partial charge < -0.3 is 11.1 Å². The average molecular weight is 258 g/mol. The summed E-state index contributed by atoms with van der Waals surface area (Å²) in [4.78, 5) is 3.97. The predicted molar refractivity (Wildman–Crippen MR) is 56.5 cm³/mol. The quantitative estimate of drug-likeness (QED) is 0.802. The molecule has 0 radical (unpaired) electrons. The Bertz CT molecular complexity index is 392. The summed E-state index contributed by atoms with van der Waals surface area (Å²) < 4.78 is 14.1. The van der Waals surface area contributed by atoms with E-state index in [2.05, 4.69) is 26.2 Å². The highest BCUT2D eigenvalue weighted by molar-refractivity contribution is 9.10. The van der Waals surface area contributed by atoms with Gasteiger partial charge in [-0.15, -0.1) is 0 Å². The molecule has 1 unspecified atom stereocenters. The zero-order valence-corrected chi connectivity index (χ0v) is 8.88. The van der Waals surface area contributed by atoms with E-state index in [1.165, 1.54) is 0 Å². The normalized spacial score (nSPS) is 20.4. The summed E-state index contributed by atoms with van der Waals surface area (Å²) in [7, 11) is 0. The minimum atomic E-state index is -0.255. The molecular weight excluding hydrogens is 249 g/mol. The first-order valence-corrected chi connectivity index (χ1v) is 4.98. The third kappa shape index (κ3) is 1.59. The van der Waals surface area contributed by atoms with Crippen LogP contribution < -0.4 is 11.1 Å². The Morgan fingerprint density at radius 3 is 3.00 bits per heavy atom. The van der Waals surface area contributed by atoms with Crippen LogP contribution in [0.1, 0.15) is 11.6 Å². The van der Waals surface area contributed by atoms with Crippen molar-refractivity contribution < 1.29 is 4.39 Å². The highest BCUT2D eigenvalue weighted by Gasteiger charge is 2.21. The molecule has 1 atom stereocenters. The summed E-state index contributed by atoms with van der Waals surface area (Å²) in [6.07, 6.45) is 0. The fourth-order valence-corrected chi connectivity index (χ4v) is 1.81. The molecule has 14 heavy (non-hydrogen) atoms. The van der Waals surface area contributed by atoms with Gasteiger partial charge in [0.2, 0.25) is 0 Å². The van der Waals surface area contributed by atoms with Crippen LogP contribution in [-0.2, 0) is 0 Å². The lowest BCUT2D eigenvalue weighted by Crippen LogP contribution is -2.30. The Morgan fingerprint density at radius 2 is 2.36 bits per heavy atom. The van der Waals surface area contributed by atoms with Crippen LogP contribution in [0.2, 0.25) is 0 Å². The van der Waals surface area contributed by atoms with Gasteiger partial charge in [-0.1, -0.05) is 12.1 Å². The smallest absolute Gasteiger partial charge is 0.189 e. The Hall–Kier alpha value is -1.10. The number of halogens is 2. The molecule has 5 heteroatoms. The van der Waals surface area contributed by atoms with Crippen LogP contribution in [-0.4, -0.2) is 12.5 Å². The van der Waals surface area contributed by atoms with E-state index in [4.69, 9.17) is 5.73 Å². The molecule has 0 amide bonds. The van der Waals surface area contributed by atoms with Gasteiger partial charge in [-0.05, 0) is 22.0 Å². The third-order valence-corrected chi connectivity index (χ3v) is 2.74. The number of rotatable bonds is 1. The monoisotopic (exact) mass is 257 g/mol. The molecule has 2 rings (SSSR count). The van der Waals surface area contributed by atoms with E-state index >= 15 is 0 Å². The molecule has 1 aliphatic rings. The number of hydrogen-bond acceptors (Lipinski definition) is 3. The molecule has 1 heterocycles. The topological polar surface area (TPSA) is 50.4 Å². The highest BCUT2D eigenvalue weighted by atomic mass is 79.9. The van der Waals surface area contributed by atoms with Crippen molar-refractivity contribution in [1.82, 2.24) is 5.32 Å². The molecule has 1 aromatic rings. The number of hydrogen-bond donors (Lipinski definition) is 2. The summed E-state index contributed by atoms with van der Waals surface area (Å²) in [5, 5.41) is 2.91. The molecular formula is C9H9BrFN3. The molecule has 1 aliphatic heterocycles. The number of aliphatic imine (C=N–C) groups is 1. The van der Waals surface area contributed by atoms with Crippen molar-refractivity contribution in [3.63, 3.8) is 0 Å². The number of nitrogens with one attached hydrogen (secondary N) is 1. The zero-order valence-electron chi connectivity index (χ0n) is 7.30. The Labute approximate surface area is 89.3 Å². The van der Waals surface area contributed by atoms with E-state index in [1.807, 2.05) is 0 Å². The SMILES string of the molecule is NC1=NCC(c2cccc(Br)c2F)N1. The summed E-state index contributed by atoms with van der Waals surface area (Å²) in [6.45, 7) is 0.485. The molecule has 0 saturated carbocycles. The van der Waals surface area contributed by atoms with Gasteiger partial charge >= 0.3 is 0 Å². The molecule has 0 aromatic heterocycles. The summed E-state index contributed by atoms with van der Waals surface area (Å²) in [5.41, 5.74) is 6.04. The number of guanidine groups is 1. The van der Waals surface area contributed by atoms with Gasteiger partial charge in [0.15, 0.2) is 5.96 Å². The molecule has 1 aromatic carbocycles. The Kier molecular flexibility index (Phi) is 2.41. The van der Waals surface area contributed by atoms with Crippen LogP contribution in [0.3, 0.4) is 0 Å². The van der Waals surface area contributed by atoms with Gasteiger partial charge in [0.25, 0.3) is 0 Å². The van der Waals surface area contributed by atoms with E-state index in [1.54, 1.807) is 18.2 Å². The van der Waals surface area contributed by atoms with Gasteiger partial charge in [0, 0.05) is 5.56 Å². The fourth-order valence-electron chi connectivity index (χ4n) is 1.43. The van der Waals surface area contributed by atoms with Crippen LogP contribution in [0.4, 0.5) is 4.39 Å². The molecule has 0 saturated heterocycles. The molecule has 0 spiro atoms. The van der Waals surface area contributed by atoms with Crippen LogP contribution in [0.25, 0.3) is 0 Å². The van der Waals surface area contributed by atoms with Gasteiger partial charge in [0.05, 0.1) is 17.1 Å². The average Bonchev–Trinajstić information content (AvgIpc) is 2.57. The first-order chi connectivity index (χ1) is 6.68. The Morgan fingerprint density at radius 1 is 1.57 bits per heavy atom. The van der Waals surface area contributed by atoms with Crippen molar-refractivity contribution in [1.29, 1.82) is 0 Å². The van der Waals surface area contributed by atoms with Crippen LogP contribution in [0.15, 0.2) is 27.7 Å². The van der Waals surface area contributed by atoms with Crippen LogP contribution >= 0.6 is 15.9 Å². The molecule has 0 bridgehead atoms. The van der Waals surface area contributed by atoms with E-state index < -0.39 is 0 Å². The van der Waals surface area contributed by atoms with E-state index in [0.717, 1.165) is 0 Å². The second kappa shape index (κ2) is 3.57. The summed E-state index contributed by atoms with van der Waals surface area (Å²) in [5.74, 6) is 0.115. The van der Waals surface area contributed by atoms with Crippen LogP contribution in [0, 0.1) is 5.82 Å². The van der Waals surface area contributed by atoms with Crippen molar-refractivity contribution in [3.8, 4) is 0 Å². The molecule has 0 aliphatic carbocycles. The lowest BCUT2D eigenvalue weighted by molar-refractivity contribution is 0.571. The lowest BCUT2D eigenvalue weighted by Gasteiger charge is -2.12. The highest BCUT2D eigenvalue weighted by Crippen LogP contribution is 2.25. The van der Waals surface area contributed by atoms with E-state index in [9.17, 15) is 4.39 Å². The van der Waals surface area contributed by atoms with Gasteiger partial charge in [-0.25, -0.2) is 4.39 Å². The van der Waals surface area contributed by atoms with Crippen molar-refractivity contribution in [2.45, 2.75) is 6.04 Å². The van der Waals surface area contributed by atoms with Gasteiger partial charge in [-0.2, -0.15) is 0 Å². The number of benzene rings is 1. The van der Waals surface area contributed by atoms with Crippen LogP contribution in [0.5, 0.6) is 0 Å². The predicted octanol–water partition coefficient (Wildman–Crippen LogP) is 1.55. The summed E-state index contributed by atoms with van der Waals surface area (Å²) in [6, 6.07) is 5.04. The van der Waals surface area contributed by atoms with E-state index in [-0.39, 0.29) is 11.9 Å². The maximum absolute atomic E-state index is 13.6. The first kappa shape index (κ1) is 9.45. The second-order valence-corrected chi connectivity index (χ2v) is 3.92. The van der Waals surface area contributed by atoms with Gasteiger partial charge in [-0.3, -0.25) is 4.99 Å². The fraction of sp³-hybridized carbons (Fsp3) is 0.222. The molecule has 0 fully saturated rings. The van der Waals surface area contributed by atoms with Crippen molar-refractivity contribution in [3.05, 3.63) is 34.1 Å². The minimum absolute atomic E-state index is 0.146. The lowest BCUT2D eigenvalue weighted by atomic mass is 10.1. The van der Waals surface area contributed by atoms with Crippen molar-refractivity contribution in [2.24, 2.45) is 10.7 Å².